The number of alkyl halides is 3. The number of primary amides is 1. The topological polar surface area (TPSA) is 92.4 Å². The van der Waals surface area contributed by atoms with Gasteiger partial charge in [-0.1, -0.05) is 0 Å². The van der Waals surface area contributed by atoms with E-state index in [0.717, 1.165) is 12.1 Å². The van der Waals surface area contributed by atoms with Crippen LogP contribution in [-0.2, 0) is 11.0 Å². The van der Waals surface area contributed by atoms with Crippen LogP contribution in [-0.4, -0.2) is 23.0 Å². The maximum atomic E-state index is 12.5. The minimum Gasteiger partial charge on any atom is -0.481 e. The summed E-state index contributed by atoms with van der Waals surface area (Å²) in [5.74, 6) is -2.10. The third-order valence-electron chi connectivity index (χ3n) is 2.50. The molecule has 1 unspecified atom stereocenters. The highest BCUT2D eigenvalue weighted by Gasteiger charge is 2.31. The van der Waals surface area contributed by atoms with Gasteiger partial charge in [0.2, 0.25) is 0 Å². The molecule has 1 aromatic carbocycles. The fraction of sp³-hybridized carbons (Fsp3) is 0.333. The Kier molecular flexibility index (Phi) is 4.59. The number of aliphatic carboxylic acids is 1. The van der Waals surface area contributed by atoms with Gasteiger partial charge in [-0.05, 0) is 25.1 Å². The molecule has 0 saturated heterocycles. The average Bonchev–Trinajstić information content (AvgIpc) is 2.26. The zero-order valence-corrected chi connectivity index (χ0v) is 10.5. The van der Waals surface area contributed by atoms with E-state index in [1.807, 2.05) is 0 Å². The monoisotopic (exact) mass is 290 g/mol. The molecule has 0 aliphatic heterocycles. The lowest BCUT2D eigenvalue weighted by Crippen LogP contribution is -2.23. The van der Waals surface area contributed by atoms with E-state index in [9.17, 15) is 22.8 Å². The minimum absolute atomic E-state index is 0.0688. The van der Waals surface area contributed by atoms with Crippen molar-refractivity contribution in [1.29, 1.82) is 0 Å². The number of carbonyl (C=O) groups is 2. The van der Waals surface area contributed by atoms with Crippen LogP contribution in [0.15, 0.2) is 18.2 Å². The molecule has 1 amide bonds. The Morgan fingerprint density at radius 1 is 1.40 bits per heavy atom. The largest absolute Gasteiger partial charge is 0.481 e. The quantitative estimate of drug-likeness (QED) is 0.774. The maximum Gasteiger partial charge on any atom is 0.416 e. The second-order valence-electron chi connectivity index (χ2n) is 4.27. The van der Waals surface area contributed by atoms with Crippen molar-refractivity contribution in [2.45, 2.75) is 25.6 Å². The van der Waals surface area contributed by atoms with E-state index in [1.165, 1.54) is 6.92 Å². The number of carboxylic acid groups (broad SMARTS) is 1. The number of benzene rings is 1. The molecule has 0 aliphatic rings. The minimum atomic E-state index is -4.59. The second kappa shape index (κ2) is 5.81. The van der Waals surface area contributed by atoms with Crippen LogP contribution in [0.1, 0.15) is 29.3 Å². The van der Waals surface area contributed by atoms with Crippen LogP contribution in [0.3, 0.4) is 0 Å². The van der Waals surface area contributed by atoms with Crippen molar-refractivity contribution in [2.24, 2.45) is 5.73 Å². The van der Waals surface area contributed by atoms with Gasteiger partial charge in [-0.3, -0.25) is 9.59 Å². The molecule has 0 saturated carbocycles. The molecular weight excluding hydrogens is 277 g/mol. The van der Waals surface area contributed by atoms with E-state index in [2.05, 4.69) is 5.32 Å². The van der Waals surface area contributed by atoms with Gasteiger partial charge < -0.3 is 16.2 Å². The number of nitrogens with two attached hydrogens (primary N) is 1. The fourth-order valence-corrected chi connectivity index (χ4v) is 1.63. The average molecular weight is 290 g/mol. The first-order valence-electron chi connectivity index (χ1n) is 5.60. The number of carbonyl (C=O) groups excluding carboxylic acids is 1. The van der Waals surface area contributed by atoms with Gasteiger partial charge >= 0.3 is 12.1 Å². The van der Waals surface area contributed by atoms with Crippen LogP contribution in [0.25, 0.3) is 0 Å². The molecule has 0 fully saturated rings. The third-order valence-corrected chi connectivity index (χ3v) is 2.50. The molecule has 1 rings (SSSR count). The van der Waals surface area contributed by atoms with Crippen molar-refractivity contribution in [3.63, 3.8) is 0 Å². The molecule has 0 aliphatic carbocycles. The number of anilines is 1. The molecule has 110 valence electrons. The van der Waals surface area contributed by atoms with Crippen LogP contribution < -0.4 is 11.1 Å². The van der Waals surface area contributed by atoms with Gasteiger partial charge in [-0.25, -0.2) is 0 Å². The summed E-state index contributed by atoms with van der Waals surface area (Å²) < 4.78 is 37.6. The Morgan fingerprint density at radius 3 is 2.45 bits per heavy atom. The van der Waals surface area contributed by atoms with Crippen molar-refractivity contribution >= 4 is 17.6 Å². The van der Waals surface area contributed by atoms with Gasteiger partial charge in [0.15, 0.2) is 0 Å². The van der Waals surface area contributed by atoms with Crippen molar-refractivity contribution in [3.05, 3.63) is 29.3 Å². The van der Waals surface area contributed by atoms with Crippen LogP contribution in [0, 0.1) is 0 Å². The van der Waals surface area contributed by atoms with Crippen LogP contribution >= 0.6 is 0 Å². The van der Waals surface area contributed by atoms with Gasteiger partial charge in [-0.15, -0.1) is 0 Å². The highest BCUT2D eigenvalue weighted by molar-refractivity contribution is 5.98. The zero-order valence-electron chi connectivity index (χ0n) is 10.5. The molecule has 1 atom stereocenters. The smallest absolute Gasteiger partial charge is 0.416 e. The number of amides is 1. The summed E-state index contributed by atoms with van der Waals surface area (Å²) in [5.41, 5.74) is 3.78. The van der Waals surface area contributed by atoms with Crippen molar-refractivity contribution in [2.75, 3.05) is 5.32 Å². The molecule has 0 radical (unpaired) electrons. The predicted octanol–water partition coefficient (Wildman–Crippen LogP) is 2.08. The molecule has 0 heterocycles. The molecule has 0 bridgehead atoms. The Balaban J connectivity index is 3.08. The van der Waals surface area contributed by atoms with E-state index in [1.54, 1.807) is 0 Å². The number of nitrogens with one attached hydrogen (secondary N) is 1. The molecule has 5 nitrogen and oxygen atoms in total. The van der Waals surface area contributed by atoms with Gasteiger partial charge in [0.25, 0.3) is 5.91 Å². The Labute approximate surface area is 112 Å². The summed E-state index contributed by atoms with van der Waals surface area (Å²) in [6.07, 6.45) is -4.84. The maximum absolute atomic E-state index is 12.5. The Bertz CT molecular complexity index is 529. The lowest BCUT2D eigenvalue weighted by atomic mass is 10.1. The van der Waals surface area contributed by atoms with E-state index in [-0.39, 0.29) is 17.7 Å². The molecule has 1 aromatic rings. The number of rotatable bonds is 5. The van der Waals surface area contributed by atoms with Gasteiger partial charge in [0, 0.05) is 11.7 Å². The summed E-state index contributed by atoms with van der Waals surface area (Å²) in [6, 6.07) is 1.92. The van der Waals surface area contributed by atoms with Crippen LogP contribution in [0.5, 0.6) is 0 Å². The molecule has 20 heavy (non-hydrogen) atoms. The molecule has 4 N–H and O–H groups in total. The van der Waals surface area contributed by atoms with E-state index in [0.29, 0.717) is 6.07 Å². The van der Waals surface area contributed by atoms with Gasteiger partial charge in [-0.2, -0.15) is 13.2 Å². The number of hydrogen-bond donors (Lipinski definition) is 3. The molecule has 0 spiro atoms. The van der Waals surface area contributed by atoms with Gasteiger partial charge in [0.1, 0.15) is 0 Å². The van der Waals surface area contributed by atoms with E-state index >= 15 is 0 Å². The Hall–Kier alpha value is -2.25. The van der Waals surface area contributed by atoms with E-state index in [4.69, 9.17) is 10.8 Å². The summed E-state index contributed by atoms with van der Waals surface area (Å²) >= 11 is 0. The molecule has 0 aromatic heterocycles. The summed E-state index contributed by atoms with van der Waals surface area (Å²) in [4.78, 5) is 21.7. The van der Waals surface area contributed by atoms with Crippen LogP contribution in [0.4, 0.5) is 18.9 Å². The third kappa shape index (κ3) is 4.15. The van der Waals surface area contributed by atoms with Crippen molar-refractivity contribution in [3.8, 4) is 0 Å². The SMILES string of the molecule is CC(CC(=O)O)Nc1ccc(C(F)(F)F)cc1C(N)=O. The summed E-state index contributed by atoms with van der Waals surface area (Å²) in [6.45, 7) is 1.52. The number of halogens is 3. The highest BCUT2D eigenvalue weighted by Crippen LogP contribution is 2.32. The lowest BCUT2D eigenvalue weighted by molar-refractivity contribution is -0.138. The lowest BCUT2D eigenvalue weighted by Gasteiger charge is -2.17. The highest BCUT2D eigenvalue weighted by atomic mass is 19.4. The van der Waals surface area contributed by atoms with Crippen molar-refractivity contribution < 1.29 is 27.9 Å². The predicted molar refractivity (Wildman–Crippen MR) is 65.3 cm³/mol. The standard InChI is InChI=1S/C12H13F3N2O3/c1-6(4-10(18)19)17-9-3-2-7(12(13,14)15)5-8(9)11(16)20/h2-3,5-6,17H,4H2,1H3,(H2,16,20)(H,18,19). The van der Waals surface area contributed by atoms with Gasteiger partial charge in [0.05, 0.1) is 17.5 Å². The number of hydrogen-bond acceptors (Lipinski definition) is 3. The van der Waals surface area contributed by atoms with E-state index < -0.39 is 29.7 Å². The number of carboxylic acids is 1. The first kappa shape index (κ1) is 15.8. The summed E-state index contributed by atoms with van der Waals surface area (Å²) in [7, 11) is 0. The van der Waals surface area contributed by atoms with Crippen LogP contribution in [0.2, 0.25) is 0 Å². The molecular formula is C12H13F3N2O3. The Morgan fingerprint density at radius 2 is 2.00 bits per heavy atom. The summed E-state index contributed by atoms with van der Waals surface area (Å²) in [5, 5.41) is 11.3. The first-order valence-corrected chi connectivity index (χ1v) is 5.60. The van der Waals surface area contributed by atoms with Crippen molar-refractivity contribution in [1.82, 2.24) is 0 Å². The second-order valence-corrected chi connectivity index (χ2v) is 4.27. The fourth-order valence-electron chi connectivity index (χ4n) is 1.63. The first-order chi connectivity index (χ1) is 9.11. The zero-order chi connectivity index (χ0) is 15.5. The molecule has 8 heteroatoms. The normalized spacial score (nSPS) is 12.8.